The summed E-state index contributed by atoms with van der Waals surface area (Å²) in [4.78, 5) is 0. The summed E-state index contributed by atoms with van der Waals surface area (Å²) in [6.07, 6.45) is 26.0. The highest BCUT2D eigenvalue weighted by Crippen LogP contribution is 2.37. The molecule has 49 heavy (non-hydrogen) atoms. The van der Waals surface area contributed by atoms with Crippen LogP contribution in [0.5, 0.6) is 0 Å². The summed E-state index contributed by atoms with van der Waals surface area (Å²) >= 11 is 0. The molecule has 0 aromatic heterocycles. The third-order valence-electron chi connectivity index (χ3n) is 10.7. The van der Waals surface area contributed by atoms with Gasteiger partial charge in [-0.25, -0.2) is 0 Å². The van der Waals surface area contributed by atoms with Crippen molar-refractivity contribution in [3.05, 3.63) is 12.2 Å². The van der Waals surface area contributed by atoms with Gasteiger partial charge in [-0.05, 0) is 63.1 Å². The fourth-order valence-corrected chi connectivity index (χ4v) is 7.19. The van der Waals surface area contributed by atoms with Gasteiger partial charge in [-0.15, -0.1) is 0 Å². The van der Waals surface area contributed by atoms with Crippen molar-refractivity contribution < 1.29 is 33.6 Å². The Balaban J connectivity index is 2.50. The molecule has 1 aliphatic heterocycles. The van der Waals surface area contributed by atoms with Crippen molar-refractivity contribution in [3.63, 3.8) is 0 Å². The molecule has 2 N–H and O–H groups in total. The van der Waals surface area contributed by atoms with Crippen LogP contribution in [-0.4, -0.2) is 82.3 Å². The molecule has 0 aliphatic carbocycles. The van der Waals surface area contributed by atoms with Crippen LogP contribution in [0.1, 0.15) is 169 Å². The van der Waals surface area contributed by atoms with Gasteiger partial charge in [0, 0.05) is 20.3 Å². The average Bonchev–Trinajstić information content (AvgIpc) is 3.06. The Morgan fingerprint density at radius 2 is 1.18 bits per heavy atom. The van der Waals surface area contributed by atoms with E-state index in [1.807, 2.05) is 0 Å². The fourth-order valence-electron chi connectivity index (χ4n) is 6.18. The molecule has 1 heterocycles. The van der Waals surface area contributed by atoms with Crippen LogP contribution in [0.4, 0.5) is 0 Å². The Bertz CT molecular complexity index is 786. The van der Waals surface area contributed by atoms with Gasteiger partial charge < -0.3 is 33.6 Å². The molecule has 1 unspecified atom stereocenters. The molecule has 1 rings (SSSR count). The number of aliphatic hydroxyl groups is 2. The maximum atomic E-state index is 11.5. The molecule has 0 saturated carbocycles. The Hall–Kier alpha value is -0.323. The van der Waals surface area contributed by atoms with Crippen molar-refractivity contribution in [2.75, 3.05) is 26.9 Å². The molecule has 8 heteroatoms. The van der Waals surface area contributed by atoms with Crippen molar-refractivity contribution in [3.8, 4) is 0 Å². The number of hydrogen-bond acceptors (Lipinski definition) is 7. The summed E-state index contributed by atoms with van der Waals surface area (Å²) in [5.41, 5.74) is 0. The predicted molar refractivity (Wildman–Crippen MR) is 208 cm³/mol. The Kier molecular flexibility index (Phi) is 26.9. The summed E-state index contributed by atoms with van der Waals surface area (Å²) in [7, 11) is -0.304. The molecular weight excluding hydrogens is 633 g/mol. The zero-order chi connectivity index (χ0) is 36.4. The lowest BCUT2D eigenvalue weighted by molar-refractivity contribution is -0.303. The number of hydrogen-bond donors (Lipinski definition) is 2. The first-order valence-electron chi connectivity index (χ1n) is 20.5. The standard InChI is InChI=1S/C41H82O7Si/c1-9-11-13-15-16-17-18-19-20-21-22-23-24-25-27-29-32-45-39-38(46-33-31-35(44-6)30-28-26-14-12-10-2)37(42)36(48-40(39)43)34-47-49(7,8)41(3,4)5/h17-18,35-40,42-43H,9-16,19-34H2,1-8H3/b18-17-/t35-,36-,37-,38+,39-,40?/m1/s1. The van der Waals surface area contributed by atoms with Gasteiger partial charge in [0.2, 0.25) is 0 Å². The normalized spacial score (nSPS) is 22.7. The molecule has 6 atom stereocenters. The van der Waals surface area contributed by atoms with E-state index in [1.54, 1.807) is 7.11 Å². The van der Waals surface area contributed by atoms with E-state index in [1.165, 1.54) is 103 Å². The van der Waals surface area contributed by atoms with E-state index in [0.29, 0.717) is 13.2 Å². The highest BCUT2D eigenvalue weighted by Gasteiger charge is 2.47. The van der Waals surface area contributed by atoms with Crippen LogP contribution < -0.4 is 0 Å². The Morgan fingerprint density at radius 3 is 1.76 bits per heavy atom. The molecule has 0 spiro atoms. The minimum absolute atomic E-state index is 0.0308. The number of unbranched alkanes of at least 4 members (excludes halogenated alkanes) is 16. The quantitative estimate of drug-likeness (QED) is 0.0420. The van der Waals surface area contributed by atoms with Crippen LogP contribution in [0.25, 0.3) is 0 Å². The summed E-state index contributed by atoms with van der Waals surface area (Å²) in [5, 5.41) is 22.6. The number of methoxy groups -OCH3 is 1. The van der Waals surface area contributed by atoms with Crippen LogP contribution in [0, 0.1) is 0 Å². The van der Waals surface area contributed by atoms with Crippen LogP contribution >= 0.6 is 0 Å². The van der Waals surface area contributed by atoms with Gasteiger partial charge in [0.1, 0.15) is 24.4 Å². The molecule has 0 bridgehead atoms. The van der Waals surface area contributed by atoms with Gasteiger partial charge in [0.15, 0.2) is 14.6 Å². The van der Waals surface area contributed by atoms with Crippen molar-refractivity contribution in [2.45, 2.75) is 224 Å². The summed E-state index contributed by atoms with van der Waals surface area (Å²) in [6, 6.07) is 0. The molecule has 0 aromatic rings. The average molecular weight is 715 g/mol. The molecular formula is C41H82O7Si. The van der Waals surface area contributed by atoms with E-state index in [-0.39, 0.29) is 17.7 Å². The van der Waals surface area contributed by atoms with Gasteiger partial charge in [0.05, 0.1) is 12.7 Å². The van der Waals surface area contributed by atoms with Crippen LogP contribution in [0.2, 0.25) is 18.1 Å². The van der Waals surface area contributed by atoms with E-state index in [4.69, 9.17) is 23.4 Å². The van der Waals surface area contributed by atoms with E-state index in [0.717, 1.165) is 32.1 Å². The molecule has 292 valence electrons. The minimum Gasteiger partial charge on any atom is -0.414 e. The van der Waals surface area contributed by atoms with Crippen LogP contribution in [0.3, 0.4) is 0 Å². The molecule has 1 saturated heterocycles. The highest BCUT2D eigenvalue weighted by molar-refractivity contribution is 6.74. The number of rotatable bonds is 31. The zero-order valence-electron chi connectivity index (χ0n) is 33.5. The van der Waals surface area contributed by atoms with Crippen molar-refractivity contribution >= 4 is 8.32 Å². The maximum Gasteiger partial charge on any atom is 0.192 e. The van der Waals surface area contributed by atoms with Crippen LogP contribution in [0.15, 0.2) is 12.2 Å². The van der Waals surface area contributed by atoms with Gasteiger partial charge in [-0.1, -0.05) is 137 Å². The van der Waals surface area contributed by atoms with Crippen molar-refractivity contribution in [2.24, 2.45) is 0 Å². The highest BCUT2D eigenvalue weighted by atomic mass is 28.4. The fraction of sp³-hybridized carbons (Fsp3) is 0.951. The molecule has 0 radical (unpaired) electrons. The lowest BCUT2D eigenvalue weighted by Gasteiger charge is -2.44. The Morgan fingerprint density at radius 1 is 0.673 bits per heavy atom. The molecule has 7 nitrogen and oxygen atoms in total. The molecule has 0 amide bonds. The predicted octanol–water partition coefficient (Wildman–Crippen LogP) is 10.7. The van der Waals surface area contributed by atoms with Gasteiger partial charge in [-0.2, -0.15) is 0 Å². The maximum absolute atomic E-state index is 11.5. The van der Waals surface area contributed by atoms with Gasteiger partial charge in [0.25, 0.3) is 0 Å². The smallest absolute Gasteiger partial charge is 0.192 e. The lowest BCUT2D eigenvalue weighted by atomic mass is 9.98. The van der Waals surface area contributed by atoms with E-state index >= 15 is 0 Å². The van der Waals surface area contributed by atoms with E-state index in [2.05, 4.69) is 59.9 Å². The SMILES string of the molecule is CCCCCC/C=C\CCCCCCCCCCO[C@H]1C(O)O[C@H](CO[Si](C)(C)C(C)(C)C)[C@@H](O)[C@@H]1OCC[C@@H](CCCCCCC)OC. The van der Waals surface area contributed by atoms with Gasteiger partial charge >= 0.3 is 0 Å². The van der Waals surface area contributed by atoms with Gasteiger partial charge in [-0.3, -0.25) is 0 Å². The Labute approximate surface area is 304 Å². The second-order valence-corrected chi connectivity index (χ2v) is 20.9. The second kappa shape index (κ2) is 28.2. The summed E-state index contributed by atoms with van der Waals surface area (Å²) < 4.78 is 30.6. The monoisotopic (exact) mass is 715 g/mol. The first-order valence-corrected chi connectivity index (χ1v) is 23.5. The first kappa shape index (κ1) is 46.7. The summed E-state index contributed by atoms with van der Waals surface area (Å²) in [6.45, 7) is 16.6. The van der Waals surface area contributed by atoms with Crippen molar-refractivity contribution in [1.82, 2.24) is 0 Å². The number of allylic oxidation sites excluding steroid dienone is 2. The molecule has 0 aromatic carbocycles. The zero-order valence-corrected chi connectivity index (χ0v) is 34.5. The lowest BCUT2D eigenvalue weighted by Crippen LogP contribution is -2.61. The molecule has 1 aliphatic rings. The van der Waals surface area contributed by atoms with Crippen LogP contribution in [-0.2, 0) is 23.4 Å². The first-order chi connectivity index (χ1) is 23.5. The number of aliphatic hydroxyl groups excluding tert-OH is 2. The van der Waals surface area contributed by atoms with E-state index < -0.39 is 39.0 Å². The second-order valence-electron chi connectivity index (χ2n) is 16.1. The third-order valence-corrected chi connectivity index (χ3v) is 15.2. The summed E-state index contributed by atoms with van der Waals surface area (Å²) in [5.74, 6) is 0. The minimum atomic E-state index is -2.07. The van der Waals surface area contributed by atoms with Crippen molar-refractivity contribution in [1.29, 1.82) is 0 Å². The van der Waals surface area contributed by atoms with E-state index in [9.17, 15) is 10.2 Å². The molecule has 1 fully saturated rings. The third kappa shape index (κ3) is 21.1. The topological polar surface area (TPSA) is 86.6 Å². The number of ether oxygens (including phenoxy) is 4. The largest absolute Gasteiger partial charge is 0.414 e.